The average molecular weight is 614 g/mol. The van der Waals surface area contributed by atoms with Gasteiger partial charge in [-0.15, -0.1) is 0 Å². The highest BCUT2D eigenvalue weighted by atomic mass is 14.9. The first-order valence-electron chi connectivity index (χ1n) is 16.8. The van der Waals surface area contributed by atoms with E-state index in [0.29, 0.717) is 0 Å². The van der Waals surface area contributed by atoms with Crippen LogP contribution >= 0.6 is 0 Å². The third-order valence-corrected chi connectivity index (χ3v) is 10.3. The van der Waals surface area contributed by atoms with E-state index in [1.165, 1.54) is 77.2 Å². The molecule has 1 nitrogen and oxygen atoms in total. The number of benzene rings is 8. The van der Waals surface area contributed by atoms with Gasteiger partial charge in [-0.3, -0.25) is 0 Å². The molecule has 8 aromatic carbocycles. The molecule has 0 heterocycles. The van der Waals surface area contributed by atoms with Crippen LogP contribution in [0.5, 0.6) is 0 Å². The molecule has 0 aromatic heterocycles. The molecule has 0 fully saturated rings. The van der Waals surface area contributed by atoms with E-state index in [1.807, 2.05) is 0 Å². The van der Waals surface area contributed by atoms with E-state index in [0.717, 1.165) is 11.4 Å². The van der Waals surface area contributed by atoms with Gasteiger partial charge >= 0.3 is 0 Å². The number of para-hydroxylation sites is 1. The average Bonchev–Trinajstić information content (AvgIpc) is 3.36. The summed E-state index contributed by atoms with van der Waals surface area (Å²) in [5.74, 6) is 0. The molecule has 1 N–H and O–H groups in total. The third-order valence-electron chi connectivity index (χ3n) is 10.3. The van der Waals surface area contributed by atoms with Crippen molar-refractivity contribution in [1.29, 1.82) is 0 Å². The van der Waals surface area contributed by atoms with E-state index in [1.54, 1.807) is 0 Å². The monoisotopic (exact) mass is 613 g/mol. The van der Waals surface area contributed by atoms with E-state index in [2.05, 4.69) is 189 Å². The first-order valence-corrected chi connectivity index (χ1v) is 16.8. The van der Waals surface area contributed by atoms with Crippen molar-refractivity contribution in [1.82, 2.24) is 0 Å². The van der Waals surface area contributed by atoms with E-state index in [4.69, 9.17) is 0 Å². The van der Waals surface area contributed by atoms with Gasteiger partial charge < -0.3 is 5.32 Å². The lowest BCUT2D eigenvalue weighted by atomic mass is 9.81. The molecular weight excluding hydrogens is 579 g/mol. The molecule has 0 aliphatic heterocycles. The zero-order valence-corrected chi connectivity index (χ0v) is 27.2. The van der Waals surface area contributed by atoms with Gasteiger partial charge in [-0.05, 0) is 90.3 Å². The van der Waals surface area contributed by atoms with Crippen molar-refractivity contribution >= 4 is 32.9 Å². The highest BCUT2D eigenvalue weighted by molar-refractivity contribution is 6.03. The number of hydrogen-bond donors (Lipinski definition) is 1. The summed E-state index contributed by atoms with van der Waals surface area (Å²) < 4.78 is 0. The van der Waals surface area contributed by atoms with Crippen LogP contribution in [0, 0.1) is 0 Å². The van der Waals surface area contributed by atoms with Gasteiger partial charge in [-0.2, -0.15) is 0 Å². The minimum Gasteiger partial charge on any atom is -0.355 e. The highest BCUT2D eigenvalue weighted by Crippen LogP contribution is 2.53. The molecule has 0 radical (unpaired) electrons. The second-order valence-electron chi connectivity index (χ2n) is 13.4. The third kappa shape index (κ3) is 4.54. The Morgan fingerprint density at radius 1 is 0.354 bits per heavy atom. The quantitative estimate of drug-likeness (QED) is 0.204. The van der Waals surface area contributed by atoms with Crippen LogP contribution < -0.4 is 5.32 Å². The lowest BCUT2D eigenvalue weighted by Gasteiger charge is -2.24. The maximum atomic E-state index is 3.95. The molecule has 0 unspecified atom stereocenters. The van der Waals surface area contributed by atoms with Gasteiger partial charge in [0.2, 0.25) is 0 Å². The standard InChI is InChI=1S/C47H35N/c1-47(2)43-27-26-34(37-23-12-18-31-16-6-8-20-35(31)37)28-40(43)41-29-42(39-24-13-19-32-17-7-9-21-36(32)39)46(30-44(41)47)48-45-25-11-10-22-38(45)33-14-4-3-5-15-33/h3-30,48H,1-2H3. The zero-order chi connectivity index (χ0) is 32.2. The van der Waals surface area contributed by atoms with Crippen molar-refractivity contribution in [2.75, 3.05) is 5.32 Å². The van der Waals surface area contributed by atoms with E-state index in [-0.39, 0.29) is 5.41 Å². The Morgan fingerprint density at radius 2 is 0.938 bits per heavy atom. The number of rotatable bonds is 5. The minimum absolute atomic E-state index is 0.158. The van der Waals surface area contributed by atoms with E-state index < -0.39 is 0 Å². The molecule has 0 saturated heterocycles. The van der Waals surface area contributed by atoms with Gasteiger partial charge in [0.1, 0.15) is 0 Å². The van der Waals surface area contributed by atoms with Crippen molar-refractivity contribution in [2.24, 2.45) is 0 Å². The number of anilines is 2. The van der Waals surface area contributed by atoms with Crippen molar-refractivity contribution < 1.29 is 0 Å². The molecule has 48 heavy (non-hydrogen) atoms. The normalized spacial score (nSPS) is 13.0. The zero-order valence-electron chi connectivity index (χ0n) is 27.2. The van der Waals surface area contributed by atoms with Gasteiger partial charge in [0, 0.05) is 27.9 Å². The first kappa shape index (κ1) is 28.3. The summed E-state index contributed by atoms with van der Waals surface area (Å²) in [6, 6.07) is 62.0. The van der Waals surface area contributed by atoms with Crippen LogP contribution in [0.1, 0.15) is 25.0 Å². The first-order chi connectivity index (χ1) is 23.6. The molecular formula is C47H35N. The van der Waals surface area contributed by atoms with Crippen LogP contribution in [0.15, 0.2) is 170 Å². The van der Waals surface area contributed by atoms with Gasteiger partial charge in [-0.25, -0.2) is 0 Å². The summed E-state index contributed by atoms with van der Waals surface area (Å²) in [5, 5.41) is 8.99. The Bertz CT molecular complexity index is 2490. The lowest BCUT2D eigenvalue weighted by molar-refractivity contribution is 0.661. The maximum Gasteiger partial charge on any atom is 0.0467 e. The SMILES string of the molecule is CC1(C)c2ccc(-c3cccc4ccccc34)cc2-c2cc(-c3cccc4ccccc34)c(Nc3ccccc3-c3ccccc3)cc21. The molecule has 9 rings (SSSR count). The van der Waals surface area contributed by atoms with Crippen LogP contribution in [0.25, 0.3) is 66.1 Å². The second kappa shape index (κ2) is 11.1. The molecule has 0 atom stereocenters. The molecule has 0 bridgehead atoms. The summed E-state index contributed by atoms with van der Waals surface area (Å²) in [6.07, 6.45) is 0. The fourth-order valence-electron chi connectivity index (χ4n) is 7.83. The van der Waals surface area contributed by atoms with Crippen molar-refractivity contribution in [3.63, 3.8) is 0 Å². The number of hydrogen-bond acceptors (Lipinski definition) is 1. The molecule has 1 aliphatic carbocycles. The number of nitrogens with one attached hydrogen (secondary N) is 1. The highest BCUT2D eigenvalue weighted by Gasteiger charge is 2.37. The lowest BCUT2D eigenvalue weighted by Crippen LogP contribution is -2.15. The molecule has 0 spiro atoms. The van der Waals surface area contributed by atoms with E-state index in [9.17, 15) is 0 Å². The second-order valence-corrected chi connectivity index (χ2v) is 13.4. The van der Waals surface area contributed by atoms with Gasteiger partial charge in [0.25, 0.3) is 0 Å². The summed E-state index contributed by atoms with van der Waals surface area (Å²) in [7, 11) is 0. The van der Waals surface area contributed by atoms with Crippen LogP contribution in [-0.4, -0.2) is 0 Å². The van der Waals surface area contributed by atoms with Crippen LogP contribution in [0.2, 0.25) is 0 Å². The van der Waals surface area contributed by atoms with Crippen LogP contribution in [-0.2, 0) is 5.41 Å². The fraction of sp³-hybridized carbons (Fsp3) is 0.0638. The smallest absolute Gasteiger partial charge is 0.0467 e. The summed E-state index contributed by atoms with van der Waals surface area (Å²) in [6.45, 7) is 4.74. The molecule has 228 valence electrons. The van der Waals surface area contributed by atoms with Gasteiger partial charge in [0.15, 0.2) is 0 Å². The molecule has 8 aromatic rings. The Morgan fingerprint density at radius 3 is 1.71 bits per heavy atom. The molecule has 0 amide bonds. The molecule has 1 heteroatoms. The van der Waals surface area contributed by atoms with Gasteiger partial charge in [0.05, 0.1) is 0 Å². The maximum absolute atomic E-state index is 3.95. The summed E-state index contributed by atoms with van der Waals surface area (Å²) >= 11 is 0. The van der Waals surface area contributed by atoms with Crippen LogP contribution in [0.3, 0.4) is 0 Å². The Kier molecular flexibility index (Phi) is 6.55. The van der Waals surface area contributed by atoms with Gasteiger partial charge in [-0.1, -0.05) is 159 Å². The summed E-state index contributed by atoms with van der Waals surface area (Å²) in [5.41, 5.74) is 14.7. The Balaban J connectivity index is 1.27. The van der Waals surface area contributed by atoms with Crippen molar-refractivity contribution in [2.45, 2.75) is 19.3 Å². The number of fused-ring (bicyclic) bond motifs is 5. The van der Waals surface area contributed by atoms with E-state index >= 15 is 0 Å². The Labute approximate surface area is 282 Å². The topological polar surface area (TPSA) is 12.0 Å². The minimum atomic E-state index is -0.158. The predicted octanol–water partition coefficient (Wildman–Crippen LogP) is 13.0. The Hall–Kier alpha value is -5.92. The molecule has 0 saturated carbocycles. The van der Waals surface area contributed by atoms with Crippen molar-refractivity contribution in [3.8, 4) is 44.5 Å². The fourth-order valence-corrected chi connectivity index (χ4v) is 7.83. The predicted molar refractivity (Wildman–Crippen MR) is 205 cm³/mol. The van der Waals surface area contributed by atoms with Crippen LogP contribution in [0.4, 0.5) is 11.4 Å². The van der Waals surface area contributed by atoms with Crippen molar-refractivity contribution in [3.05, 3.63) is 181 Å². The largest absolute Gasteiger partial charge is 0.355 e. The summed E-state index contributed by atoms with van der Waals surface area (Å²) in [4.78, 5) is 0. The molecule has 1 aliphatic rings.